The zero-order valence-electron chi connectivity index (χ0n) is 14.8. The minimum Gasteiger partial charge on any atom is -0.496 e. The number of fused-ring (bicyclic) bond motifs is 1. The van der Waals surface area contributed by atoms with Crippen molar-refractivity contribution in [2.45, 2.75) is 25.6 Å². The highest BCUT2D eigenvalue weighted by atomic mass is 32.2. The molecule has 1 aromatic rings. The van der Waals surface area contributed by atoms with Crippen LogP contribution < -0.4 is 4.74 Å². The Labute approximate surface area is 157 Å². The standard InChI is InChI=1S/C17H22N2O5S2/c1-3-24-16(20)9-25-17-18-13-10-26(21,22)11-14(13)19(17)8-12-6-4-5-7-15(12)23-2/h4-7,13-14H,3,8-11H2,1-2H3/t13-,14+/m1/s1. The van der Waals surface area contributed by atoms with E-state index in [1.54, 1.807) is 14.0 Å². The zero-order chi connectivity index (χ0) is 18.7. The van der Waals surface area contributed by atoms with Gasteiger partial charge in [0.15, 0.2) is 15.0 Å². The van der Waals surface area contributed by atoms with E-state index >= 15 is 0 Å². The zero-order valence-corrected chi connectivity index (χ0v) is 16.4. The van der Waals surface area contributed by atoms with Gasteiger partial charge in [0.05, 0.1) is 43.1 Å². The molecule has 0 amide bonds. The monoisotopic (exact) mass is 398 g/mol. The molecular weight excluding hydrogens is 376 g/mol. The lowest BCUT2D eigenvalue weighted by atomic mass is 10.1. The predicted octanol–water partition coefficient (Wildman–Crippen LogP) is 1.33. The van der Waals surface area contributed by atoms with E-state index in [4.69, 9.17) is 9.47 Å². The number of methoxy groups -OCH3 is 1. The van der Waals surface area contributed by atoms with Crippen LogP contribution >= 0.6 is 11.8 Å². The first kappa shape index (κ1) is 19.0. The third kappa shape index (κ3) is 4.15. The number of para-hydroxylation sites is 1. The molecule has 1 aromatic carbocycles. The molecule has 0 aromatic heterocycles. The molecule has 26 heavy (non-hydrogen) atoms. The van der Waals surface area contributed by atoms with Gasteiger partial charge in [-0.3, -0.25) is 9.79 Å². The number of nitrogens with zero attached hydrogens (tertiary/aromatic N) is 2. The molecule has 2 heterocycles. The highest BCUT2D eigenvalue weighted by Gasteiger charge is 2.46. The fourth-order valence-electron chi connectivity index (χ4n) is 3.24. The summed E-state index contributed by atoms with van der Waals surface area (Å²) in [6, 6.07) is 7.15. The van der Waals surface area contributed by atoms with Gasteiger partial charge < -0.3 is 14.4 Å². The molecule has 0 N–H and O–H groups in total. The summed E-state index contributed by atoms with van der Waals surface area (Å²) in [5.74, 6) is 0.735. The summed E-state index contributed by atoms with van der Waals surface area (Å²) in [7, 11) is -1.48. The first-order chi connectivity index (χ1) is 12.4. The molecule has 2 aliphatic heterocycles. The van der Waals surface area contributed by atoms with Gasteiger partial charge >= 0.3 is 5.97 Å². The Morgan fingerprint density at radius 3 is 2.85 bits per heavy atom. The van der Waals surface area contributed by atoms with E-state index in [9.17, 15) is 13.2 Å². The minimum atomic E-state index is -3.09. The number of rotatable bonds is 6. The Balaban J connectivity index is 1.80. The number of thioether (sulfide) groups is 1. The fourth-order valence-corrected chi connectivity index (χ4v) is 6.02. The Hall–Kier alpha value is -1.74. The molecular formula is C17H22N2O5S2. The average molecular weight is 399 g/mol. The summed E-state index contributed by atoms with van der Waals surface area (Å²) >= 11 is 1.30. The topological polar surface area (TPSA) is 85.3 Å². The third-order valence-electron chi connectivity index (χ3n) is 4.37. The lowest BCUT2D eigenvalue weighted by Crippen LogP contribution is -2.38. The summed E-state index contributed by atoms with van der Waals surface area (Å²) in [5, 5.41) is 0.689. The molecule has 9 heteroatoms. The number of benzene rings is 1. The van der Waals surface area contributed by atoms with Crippen molar-refractivity contribution in [1.29, 1.82) is 0 Å². The van der Waals surface area contributed by atoms with Crippen molar-refractivity contribution in [2.75, 3.05) is 31.0 Å². The van der Waals surface area contributed by atoms with Crippen molar-refractivity contribution in [3.05, 3.63) is 29.8 Å². The maximum Gasteiger partial charge on any atom is 0.316 e. The summed E-state index contributed by atoms with van der Waals surface area (Å²) < 4.78 is 34.4. The molecule has 0 radical (unpaired) electrons. The first-order valence-corrected chi connectivity index (χ1v) is 11.2. The second kappa shape index (κ2) is 7.87. The molecule has 0 bridgehead atoms. The van der Waals surface area contributed by atoms with E-state index in [1.807, 2.05) is 29.2 Å². The fraction of sp³-hybridized carbons (Fsp3) is 0.529. The van der Waals surface area contributed by atoms with Crippen molar-refractivity contribution in [1.82, 2.24) is 4.90 Å². The molecule has 3 rings (SSSR count). The largest absolute Gasteiger partial charge is 0.496 e. The summed E-state index contributed by atoms with van der Waals surface area (Å²) in [6.07, 6.45) is 0. The average Bonchev–Trinajstić information content (AvgIpc) is 3.06. The van der Waals surface area contributed by atoms with E-state index in [2.05, 4.69) is 4.99 Å². The van der Waals surface area contributed by atoms with Crippen molar-refractivity contribution < 1.29 is 22.7 Å². The predicted molar refractivity (Wildman–Crippen MR) is 101 cm³/mol. The van der Waals surface area contributed by atoms with E-state index < -0.39 is 9.84 Å². The Morgan fingerprint density at radius 1 is 1.35 bits per heavy atom. The van der Waals surface area contributed by atoms with Crippen LogP contribution in [0.5, 0.6) is 5.75 Å². The lowest BCUT2D eigenvalue weighted by Gasteiger charge is -2.27. The van der Waals surface area contributed by atoms with Crippen LogP contribution in [0.3, 0.4) is 0 Å². The Bertz CT molecular complexity index is 809. The normalized spacial score (nSPS) is 23.5. The summed E-state index contributed by atoms with van der Waals surface area (Å²) in [6.45, 7) is 2.58. The number of sulfone groups is 1. The maximum absolute atomic E-state index is 12.0. The third-order valence-corrected chi connectivity index (χ3v) is 7.05. The van der Waals surface area contributed by atoms with Crippen LogP contribution in [0.2, 0.25) is 0 Å². The molecule has 0 spiro atoms. The number of carbonyl (C=O) groups excluding carboxylic acids is 1. The SMILES string of the molecule is CCOC(=O)CSC1=N[C@@H]2CS(=O)(=O)C[C@@H]2N1Cc1ccccc1OC. The maximum atomic E-state index is 12.0. The number of ether oxygens (including phenoxy) is 2. The van der Waals surface area contributed by atoms with Gasteiger partial charge in [0, 0.05) is 12.1 Å². The van der Waals surface area contributed by atoms with Crippen LogP contribution in [-0.2, 0) is 25.9 Å². The molecule has 142 valence electrons. The van der Waals surface area contributed by atoms with Gasteiger partial charge in [-0.15, -0.1) is 0 Å². The van der Waals surface area contributed by atoms with E-state index in [0.29, 0.717) is 18.3 Å². The van der Waals surface area contributed by atoms with Crippen LogP contribution in [0, 0.1) is 0 Å². The van der Waals surface area contributed by atoms with Crippen LogP contribution in [0.25, 0.3) is 0 Å². The van der Waals surface area contributed by atoms with Crippen molar-refractivity contribution in [3.8, 4) is 5.75 Å². The minimum absolute atomic E-state index is 0.0591. The molecule has 2 atom stereocenters. The molecule has 2 aliphatic rings. The van der Waals surface area contributed by atoms with Gasteiger partial charge in [-0.25, -0.2) is 8.42 Å². The van der Waals surface area contributed by atoms with Crippen molar-refractivity contribution >= 4 is 32.7 Å². The summed E-state index contributed by atoms with van der Waals surface area (Å²) in [4.78, 5) is 18.3. The van der Waals surface area contributed by atoms with Gasteiger partial charge in [0.1, 0.15) is 5.75 Å². The van der Waals surface area contributed by atoms with E-state index in [1.165, 1.54) is 11.8 Å². The molecule has 0 unspecified atom stereocenters. The molecule has 1 fully saturated rings. The number of hydrogen-bond donors (Lipinski definition) is 0. The quantitative estimate of drug-likeness (QED) is 0.668. The van der Waals surface area contributed by atoms with Gasteiger partial charge in [-0.05, 0) is 13.0 Å². The Kier molecular flexibility index (Phi) is 5.76. The van der Waals surface area contributed by atoms with E-state index in [0.717, 1.165) is 11.3 Å². The van der Waals surface area contributed by atoms with Crippen molar-refractivity contribution in [3.63, 3.8) is 0 Å². The number of carbonyl (C=O) groups is 1. The van der Waals surface area contributed by atoms with Gasteiger partial charge in [0.25, 0.3) is 0 Å². The second-order valence-electron chi connectivity index (χ2n) is 6.16. The Morgan fingerprint density at radius 2 is 2.12 bits per heavy atom. The molecule has 0 aliphatic carbocycles. The molecule has 0 saturated carbocycles. The smallest absolute Gasteiger partial charge is 0.316 e. The van der Waals surface area contributed by atoms with Crippen LogP contribution in [0.1, 0.15) is 12.5 Å². The number of amidine groups is 1. The van der Waals surface area contributed by atoms with Gasteiger partial charge in [0.2, 0.25) is 0 Å². The van der Waals surface area contributed by atoms with E-state index in [-0.39, 0.29) is 35.3 Å². The number of hydrogen-bond acceptors (Lipinski definition) is 8. The highest BCUT2D eigenvalue weighted by molar-refractivity contribution is 8.14. The van der Waals surface area contributed by atoms with Crippen LogP contribution in [-0.4, -0.2) is 67.5 Å². The number of esters is 1. The van der Waals surface area contributed by atoms with Gasteiger partial charge in [-0.1, -0.05) is 30.0 Å². The first-order valence-electron chi connectivity index (χ1n) is 8.38. The van der Waals surface area contributed by atoms with Gasteiger partial charge in [-0.2, -0.15) is 0 Å². The number of aliphatic imine (C=N–C) groups is 1. The molecule has 7 nitrogen and oxygen atoms in total. The van der Waals surface area contributed by atoms with Crippen LogP contribution in [0.15, 0.2) is 29.3 Å². The summed E-state index contributed by atoms with van der Waals surface area (Å²) in [5.41, 5.74) is 0.949. The second-order valence-corrected chi connectivity index (χ2v) is 9.25. The molecule has 1 saturated heterocycles. The van der Waals surface area contributed by atoms with Crippen molar-refractivity contribution in [2.24, 2.45) is 4.99 Å². The highest BCUT2D eigenvalue weighted by Crippen LogP contribution is 2.33. The lowest BCUT2D eigenvalue weighted by molar-refractivity contribution is -0.139. The van der Waals surface area contributed by atoms with Crippen LogP contribution in [0.4, 0.5) is 0 Å².